The van der Waals surface area contributed by atoms with Gasteiger partial charge in [0, 0.05) is 23.6 Å². The number of amides is 2. The van der Waals surface area contributed by atoms with Crippen LogP contribution in [0.3, 0.4) is 0 Å². The highest BCUT2D eigenvalue weighted by molar-refractivity contribution is 9.10. The molecule has 0 aliphatic carbocycles. The molecule has 5 heteroatoms. The van der Waals surface area contributed by atoms with Gasteiger partial charge in [-0.25, -0.2) is 4.79 Å². The summed E-state index contributed by atoms with van der Waals surface area (Å²) >= 11 is 3.42. The standard InChI is InChI=1S/C16H23BrN2O2/c1-12(2)18-16(20)19-9-3-4-15(10-19)21-11-13-5-7-14(17)8-6-13/h5-8,12,15H,3-4,9-11H2,1-2H3,(H,18,20)/t15-/m0/s1. The van der Waals surface area contributed by atoms with E-state index in [2.05, 4.69) is 33.4 Å². The molecular formula is C16H23BrN2O2. The fourth-order valence-corrected chi connectivity index (χ4v) is 2.66. The quantitative estimate of drug-likeness (QED) is 0.898. The molecule has 0 spiro atoms. The summed E-state index contributed by atoms with van der Waals surface area (Å²) in [4.78, 5) is 13.9. The molecule has 0 unspecified atom stereocenters. The molecule has 0 aromatic heterocycles. The predicted molar refractivity (Wildman–Crippen MR) is 87.2 cm³/mol. The molecule has 1 atom stereocenters. The van der Waals surface area contributed by atoms with Gasteiger partial charge in [-0.15, -0.1) is 0 Å². The molecule has 1 fully saturated rings. The van der Waals surface area contributed by atoms with Crippen molar-refractivity contribution >= 4 is 22.0 Å². The smallest absolute Gasteiger partial charge is 0.317 e. The van der Waals surface area contributed by atoms with Gasteiger partial charge in [0.05, 0.1) is 12.7 Å². The molecule has 116 valence electrons. The number of hydrogen-bond donors (Lipinski definition) is 1. The van der Waals surface area contributed by atoms with E-state index < -0.39 is 0 Å². The Labute approximate surface area is 135 Å². The van der Waals surface area contributed by atoms with Crippen molar-refractivity contribution in [1.29, 1.82) is 0 Å². The molecule has 1 heterocycles. The molecule has 1 aromatic rings. The van der Waals surface area contributed by atoms with E-state index in [0.717, 1.165) is 29.4 Å². The minimum Gasteiger partial charge on any atom is -0.372 e. The number of likely N-dealkylation sites (tertiary alicyclic amines) is 1. The Kier molecular flexibility index (Phi) is 6.06. The second-order valence-electron chi connectivity index (χ2n) is 5.75. The van der Waals surface area contributed by atoms with Crippen LogP contribution in [0.1, 0.15) is 32.3 Å². The summed E-state index contributed by atoms with van der Waals surface area (Å²) in [5, 5.41) is 2.94. The molecular weight excluding hydrogens is 332 g/mol. The van der Waals surface area contributed by atoms with Crippen LogP contribution in [-0.2, 0) is 11.3 Å². The summed E-state index contributed by atoms with van der Waals surface area (Å²) in [6.07, 6.45) is 2.14. The van der Waals surface area contributed by atoms with E-state index in [4.69, 9.17) is 4.74 Å². The lowest BCUT2D eigenvalue weighted by Gasteiger charge is -2.33. The predicted octanol–water partition coefficient (Wildman–Crippen LogP) is 3.55. The minimum absolute atomic E-state index is 0.0157. The number of rotatable bonds is 4. The first-order valence-electron chi connectivity index (χ1n) is 7.46. The molecule has 1 aliphatic rings. The maximum absolute atomic E-state index is 12.0. The van der Waals surface area contributed by atoms with Crippen LogP contribution in [0.25, 0.3) is 0 Å². The van der Waals surface area contributed by atoms with E-state index in [0.29, 0.717) is 13.2 Å². The van der Waals surface area contributed by atoms with E-state index in [9.17, 15) is 4.79 Å². The Balaban J connectivity index is 1.81. The van der Waals surface area contributed by atoms with Crippen LogP contribution in [0.15, 0.2) is 28.7 Å². The first-order chi connectivity index (χ1) is 10.0. The van der Waals surface area contributed by atoms with Gasteiger partial charge in [-0.2, -0.15) is 0 Å². The first-order valence-corrected chi connectivity index (χ1v) is 8.25. The molecule has 21 heavy (non-hydrogen) atoms. The topological polar surface area (TPSA) is 41.6 Å². The molecule has 2 rings (SSSR count). The molecule has 0 saturated carbocycles. The lowest BCUT2D eigenvalue weighted by atomic mass is 10.1. The zero-order chi connectivity index (χ0) is 15.2. The van der Waals surface area contributed by atoms with Gasteiger partial charge in [0.1, 0.15) is 0 Å². The monoisotopic (exact) mass is 354 g/mol. The second kappa shape index (κ2) is 7.80. The largest absolute Gasteiger partial charge is 0.372 e. The molecule has 1 N–H and O–H groups in total. The highest BCUT2D eigenvalue weighted by atomic mass is 79.9. The van der Waals surface area contributed by atoms with Gasteiger partial charge in [0.2, 0.25) is 0 Å². The Morgan fingerprint density at radius 3 is 2.81 bits per heavy atom. The van der Waals surface area contributed by atoms with Crippen molar-refractivity contribution in [2.45, 2.75) is 45.4 Å². The first kappa shape index (κ1) is 16.3. The van der Waals surface area contributed by atoms with Crippen molar-refractivity contribution < 1.29 is 9.53 Å². The lowest BCUT2D eigenvalue weighted by Crippen LogP contribution is -2.49. The third-order valence-corrected chi connectivity index (χ3v) is 4.01. The van der Waals surface area contributed by atoms with Crippen molar-refractivity contribution in [2.24, 2.45) is 0 Å². The maximum atomic E-state index is 12.0. The Hall–Kier alpha value is -1.07. The SMILES string of the molecule is CC(C)NC(=O)N1CCC[C@H](OCc2ccc(Br)cc2)C1. The van der Waals surface area contributed by atoms with Crippen LogP contribution in [-0.4, -0.2) is 36.2 Å². The summed E-state index contributed by atoms with van der Waals surface area (Å²) in [6, 6.07) is 8.32. The third kappa shape index (κ3) is 5.32. The molecule has 2 amide bonds. The Morgan fingerprint density at radius 2 is 2.14 bits per heavy atom. The third-order valence-electron chi connectivity index (χ3n) is 3.48. The zero-order valence-corrected chi connectivity index (χ0v) is 14.2. The average molecular weight is 355 g/mol. The number of carbonyl (C=O) groups excluding carboxylic acids is 1. The number of piperidine rings is 1. The number of ether oxygens (including phenoxy) is 1. The van der Waals surface area contributed by atoms with Crippen LogP contribution in [0, 0.1) is 0 Å². The maximum Gasteiger partial charge on any atom is 0.317 e. The summed E-state index contributed by atoms with van der Waals surface area (Å²) in [6.45, 7) is 6.04. The van der Waals surface area contributed by atoms with Crippen LogP contribution >= 0.6 is 15.9 Å². The van der Waals surface area contributed by atoms with Crippen molar-refractivity contribution in [1.82, 2.24) is 10.2 Å². The van der Waals surface area contributed by atoms with Crippen molar-refractivity contribution in [3.8, 4) is 0 Å². The van der Waals surface area contributed by atoms with Crippen molar-refractivity contribution in [3.05, 3.63) is 34.3 Å². The molecule has 0 radical (unpaired) electrons. The van der Waals surface area contributed by atoms with E-state index >= 15 is 0 Å². The summed E-state index contributed by atoms with van der Waals surface area (Å²) in [5.74, 6) is 0. The van der Waals surface area contributed by atoms with E-state index in [1.807, 2.05) is 30.9 Å². The Bertz CT molecular complexity index is 462. The van der Waals surface area contributed by atoms with Gasteiger partial charge in [0.25, 0.3) is 0 Å². The molecule has 1 aliphatic heterocycles. The summed E-state index contributed by atoms with van der Waals surface area (Å²) in [5.41, 5.74) is 1.15. The zero-order valence-electron chi connectivity index (χ0n) is 12.6. The fraction of sp³-hybridized carbons (Fsp3) is 0.562. The van der Waals surface area contributed by atoms with Gasteiger partial charge >= 0.3 is 6.03 Å². The van der Waals surface area contributed by atoms with Gasteiger partial charge in [0.15, 0.2) is 0 Å². The normalized spacial score (nSPS) is 18.9. The van der Waals surface area contributed by atoms with Crippen LogP contribution in [0.4, 0.5) is 4.79 Å². The van der Waals surface area contributed by atoms with Gasteiger partial charge in [-0.05, 0) is 44.4 Å². The minimum atomic E-state index is 0.0157. The average Bonchev–Trinajstić information content (AvgIpc) is 2.46. The van der Waals surface area contributed by atoms with E-state index in [1.165, 1.54) is 0 Å². The molecule has 1 aromatic carbocycles. The number of carbonyl (C=O) groups is 1. The van der Waals surface area contributed by atoms with Crippen LogP contribution < -0.4 is 5.32 Å². The lowest BCUT2D eigenvalue weighted by molar-refractivity contribution is -0.000501. The van der Waals surface area contributed by atoms with Gasteiger partial charge < -0.3 is 15.0 Å². The fourth-order valence-electron chi connectivity index (χ4n) is 2.39. The molecule has 4 nitrogen and oxygen atoms in total. The number of benzene rings is 1. The summed E-state index contributed by atoms with van der Waals surface area (Å²) < 4.78 is 7.03. The van der Waals surface area contributed by atoms with E-state index in [1.54, 1.807) is 0 Å². The molecule has 0 bridgehead atoms. The number of nitrogens with one attached hydrogen (secondary N) is 1. The van der Waals surface area contributed by atoms with Gasteiger partial charge in [-0.3, -0.25) is 0 Å². The van der Waals surface area contributed by atoms with Gasteiger partial charge in [-0.1, -0.05) is 28.1 Å². The number of urea groups is 1. The van der Waals surface area contributed by atoms with E-state index in [-0.39, 0.29) is 18.2 Å². The van der Waals surface area contributed by atoms with Crippen LogP contribution in [0.5, 0.6) is 0 Å². The second-order valence-corrected chi connectivity index (χ2v) is 6.67. The number of nitrogens with zero attached hydrogens (tertiary/aromatic N) is 1. The number of hydrogen-bond acceptors (Lipinski definition) is 2. The summed E-state index contributed by atoms with van der Waals surface area (Å²) in [7, 11) is 0. The van der Waals surface area contributed by atoms with Crippen molar-refractivity contribution in [3.63, 3.8) is 0 Å². The number of halogens is 1. The van der Waals surface area contributed by atoms with Crippen molar-refractivity contribution in [2.75, 3.05) is 13.1 Å². The van der Waals surface area contributed by atoms with Crippen LogP contribution in [0.2, 0.25) is 0 Å². The highest BCUT2D eigenvalue weighted by Crippen LogP contribution is 2.16. The molecule has 1 saturated heterocycles. The Morgan fingerprint density at radius 1 is 1.43 bits per heavy atom. The highest BCUT2D eigenvalue weighted by Gasteiger charge is 2.24.